The van der Waals surface area contributed by atoms with Crippen LogP contribution in [0.3, 0.4) is 0 Å². The maximum atomic E-state index is 3.75. The van der Waals surface area contributed by atoms with Crippen molar-refractivity contribution in [3.8, 4) is 0 Å². The Kier molecular flexibility index (Phi) is 4.46. The van der Waals surface area contributed by atoms with Gasteiger partial charge >= 0.3 is 0 Å². The lowest BCUT2D eigenvalue weighted by atomic mass is 9.75. The van der Waals surface area contributed by atoms with Crippen LogP contribution in [0.15, 0.2) is 53.0 Å². The fourth-order valence-corrected chi connectivity index (χ4v) is 3.42. The largest absolute Gasteiger partial charge is 0.307 e. The zero-order valence-electron chi connectivity index (χ0n) is 12.6. The fraction of sp³-hybridized carbons (Fsp3) is 0.368. The molecule has 0 aliphatic heterocycles. The summed E-state index contributed by atoms with van der Waals surface area (Å²) < 4.78 is 1.14. The van der Waals surface area contributed by atoms with Crippen LogP contribution in [-0.4, -0.2) is 6.04 Å². The molecule has 21 heavy (non-hydrogen) atoms. The Labute approximate surface area is 135 Å². The predicted octanol–water partition coefficient (Wildman–Crippen LogP) is 5.35. The van der Waals surface area contributed by atoms with E-state index in [1.807, 2.05) is 0 Å². The summed E-state index contributed by atoms with van der Waals surface area (Å²) in [5.41, 5.74) is 4.23. The molecule has 110 valence electrons. The molecule has 1 aliphatic rings. The number of nitrogens with one attached hydrogen (secondary N) is 1. The van der Waals surface area contributed by atoms with E-state index in [1.54, 1.807) is 0 Å². The van der Waals surface area contributed by atoms with Gasteiger partial charge in [-0.3, -0.25) is 0 Å². The maximum Gasteiger partial charge on any atom is 0.0294 e. The lowest BCUT2D eigenvalue weighted by molar-refractivity contribution is 0.271. The molecule has 1 atom stereocenters. The van der Waals surface area contributed by atoms with Gasteiger partial charge in [0.05, 0.1) is 0 Å². The Balaban J connectivity index is 1.54. The molecule has 1 saturated carbocycles. The Morgan fingerprint density at radius 1 is 1.10 bits per heavy atom. The number of rotatable bonds is 4. The van der Waals surface area contributed by atoms with E-state index in [4.69, 9.17) is 0 Å². The zero-order chi connectivity index (χ0) is 14.8. The van der Waals surface area contributed by atoms with E-state index in [9.17, 15) is 0 Å². The second-order valence-electron chi connectivity index (χ2n) is 6.22. The van der Waals surface area contributed by atoms with E-state index in [2.05, 4.69) is 83.6 Å². The van der Waals surface area contributed by atoms with Crippen LogP contribution in [0.25, 0.3) is 0 Å². The minimum Gasteiger partial charge on any atom is -0.307 e. The zero-order valence-corrected chi connectivity index (χ0v) is 14.2. The van der Waals surface area contributed by atoms with Crippen molar-refractivity contribution >= 4 is 15.9 Å². The predicted molar refractivity (Wildman–Crippen MR) is 92.6 cm³/mol. The lowest BCUT2D eigenvalue weighted by Crippen LogP contribution is -2.41. The molecule has 2 heteroatoms. The van der Waals surface area contributed by atoms with Gasteiger partial charge in [-0.15, -0.1) is 0 Å². The number of hydrogen-bond acceptors (Lipinski definition) is 1. The van der Waals surface area contributed by atoms with Crippen LogP contribution in [0.1, 0.15) is 48.4 Å². The Morgan fingerprint density at radius 2 is 1.81 bits per heavy atom. The SMILES string of the molecule is Cc1cccc(C2CC(N[C@@H](C)c3ccc(Br)cc3)C2)c1. The van der Waals surface area contributed by atoms with Crippen LogP contribution in [0.4, 0.5) is 0 Å². The van der Waals surface area contributed by atoms with E-state index in [-0.39, 0.29) is 0 Å². The van der Waals surface area contributed by atoms with Gasteiger partial charge in [0.15, 0.2) is 0 Å². The van der Waals surface area contributed by atoms with E-state index in [0.29, 0.717) is 12.1 Å². The van der Waals surface area contributed by atoms with E-state index in [0.717, 1.165) is 10.4 Å². The average molecular weight is 344 g/mol. The van der Waals surface area contributed by atoms with Gasteiger partial charge in [0.1, 0.15) is 0 Å². The van der Waals surface area contributed by atoms with Gasteiger partial charge in [-0.2, -0.15) is 0 Å². The average Bonchev–Trinajstić information content (AvgIpc) is 2.43. The molecule has 0 amide bonds. The molecular formula is C19H22BrN. The van der Waals surface area contributed by atoms with Crippen molar-refractivity contribution in [2.75, 3.05) is 0 Å². The maximum absolute atomic E-state index is 3.75. The molecule has 2 aromatic rings. The number of aryl methyl sites for hydroxylation is 1. The molecule has 1 nitrogen and oxygen atoms in total. The van der Waals surface area contributed by atoms with Crippen LogP contribution in [0.2, 0.25) is 0 Å². The monoisotopic (exact) mass is 343 g/mol. The van der Waals surface area contributed by atoms with Crippen molar-refractivity contribution in [3.05, 3.63) is 69.7 Å². The Bertz CT molecular complexity index is 599. The van der Waals surface area contributed by atoms with Gasteiger partial charge in [0, 0.05) is 16.6 Å². The lowest BCUT2D eigenvalue weighted by Gasteiger charge is -2.38. The first-order chi connectivity index (χ1) is 10.1. The first kappa shape index (κ1) is 14.8. The van der Waals surface area contributed by atoms with Crippen LogP contribution in [-0.2, 0) is 0 Å². The molecular weight excluding hydrogens is 322 g/mol. The standard InChI is InChI=1S/C19H22BrN/c1-13-4-3-5-16(10-13)17-11-19(12-17)21-14(2)15-6-8-18(20)9-7-15/h3-10,14,17,19,21H,11-12H2,1-2H3/t14-,17?,19?/m0/s1. The summed E-state index contributed by atoms with van der Waals surface area (Å²) in [5, 5.41) is 3.75. The summed E-state index contributed by atoms with van der Waals surface area (Å²) in [6.45, 7) is 4.43. The minimum atomic E-state index is 0.418. The van der Waals surface area contributed by atoms with Gasteiger partial charge in [-0.1, -0.05) is 57.9 Å². The van der Waals surface area contributed by atoms with Gasteiger partial charge in [-0.25, -0.2) is 0 Å². The summed E-state index contributed by atoms with van der Waals surface area (Å²) in [4.78, 5) is 0. The second-order valence-corrected chi connectivity index (χ2v) is 7.13. The highest BCUT2D eigenvalue weighted by Gasteiger charge is 2.31. The third-order valence-electron chi connectivity index (χ3n) is 4.51. The minimum absolute atomic E-state index is 0.418. The first-order valence-electron chi connectivity index (χ1n) is 7.70. The van der Waals surface area contributed by atoms with Crippen molar-refractivity contribution in [2.24, 2.45) is 0 Å². The van der Waals surface area contributed by atoms with Crippen molar-refractivity contribution in [1.29, 1.82) is 0 Å². The van der Waals surface area contributed by atoms with Crippen molar-refractivity contribution in [1.82, 2.24) is 5.32 Å². The summed E-state index contributed by atoms with van der Waals surface area (Å²) in [7, 11) is 0. The van der Waals surface area contributed by atoms with Gasteiger partial charge in [-0.05, 0) is 55.9 Å². The van der Waals surface area contributed by atoms with Crippen molar-refractivity contribution in [2.45, 2.75) is 44.7 Å². The second kappa shape index (κ2) is 6.33. The molecule has 1 N–H and O–H groups in total. The van der Waals surface area contributed by atoms with Crippen LogP contribution < -0.4 is 5.32 Å². The van der Waals surface area contributed by atoms with E-state index in [1.165, 1.54) is 29.5 Å². The molecule has 0 heterocycles. The molecule has 2 aromatic carbocycles. The molecule has 0 spiro atoms. The Hall–Kier alpha value is -1.12. The Morgan fingerprint density at radius 3 is 2.48 bits per heavy atom. The molecule has 0 bridgehead atoms. The molecule has 3 rings (SSSR count). The van der Waals surface area contributed by atoms with E-state index >= 15 is 0 Å². The number of benzene rings is 2. The quantitative estimate of drug-likeness (QED) is 0.788. The smallest absolute Gasteiger partial charge is 0.0294 e. The molecule has 0 radical (unpaired) electrons. The molecule has 0 aromatic heterocycles. The molecule has 1 fully saturated rings. The van der Waals surface area contributed by atoms with Crippen LogP contribution >= 0.6 is 15.9 Å². The van der Waals surface area contributed by atoms with Crippen molar-refractivity contribution < 1.29 is 0 Å². The molecule has 1 aliphatic carbocycles. The number of hydrogen-bond donors (Lipinski definition) is 1. The summed E-state index contributed by atoms with van der Waals surface area (Å²) in [6, 6.07) is 18.6. The topological polar surface area (TPSA) is 12.0 Å². The fourth-order valence-electron chi connectivity index (χ4n) is 3.15. The third kappa shape index (κ3) is 3.56. The van der Waals surface area contributed by atoms with Crippen molar-refractivity contribution in [3.63, 3.8) is 0 Å². The summed E-state index contributed by atoms with van der Waals surface area (Å²) in [6.07, 6.45) is 2.51. The molecule has 0 saturated heterocycles. The summed E-state index contributed by atoms with van der Waals surface area (Å²) in [5.74, 6) is 0.736. The van der Waals surface area contributed by atoms with Crippen LogP contribution in [0, 0.1) is 6.92 Å². The highest BCUT2D eigenvalue weighted by atomic mass is 79.9. The van der Waals surface area contributed by atoms with E-state index < -0.39 is 0 Å². The third-order valence-corrected chi connectivity index (χ3v) is 5.04. The van der Waals surface area contributed by atoms with Crippen LogP contribution in [0.5, 0.6) is 0 Å². The van der Waals surface area contributed by atoms with Gasteiger partial charge < -0.3 is 5.32 Å². The van der Waals surface area contributed by atoms with Gasteiger partial charge in [0.25, 0.3) is 0 Å². The van der Waals surface area contributed by atoms with Gasteiger partial charge in [0.2, 0.25) is 0 Å². The first-order valence-corrected chi connectivity index (χ1v) is 8.49. The number of halogens is 1. The normalized spacial score (nSPS) is 22.6. The highest BCUT2D eigenvalue weighted by Crippen LogP contribution is 2.38. The molecule has 0 unspecified atom stereocenters. The summed E-state index contributed by atoms with van der Waals surface area (Å²) >= 11 is 3.49. The highest BCUT2D eigenvalue weighted by molar-refractivity contribution is 9.10.